The van der Waals surface area contributed by atoms with Crippen LogP contribution >= 0.6 is 0 Å². The number of quaternary nitrogens is 1. The fraction of sp³-hybridized carbons (Fsp3) is 0.739. The zero-order valence-corrected chi connectivity index (χ0v) is 17.7. The van der Waals surface area contributed by atoms with Crippen LogP contribution in [0.3, 0.4) is 0 Å². The lowest BCUT2D eigenvalue weighted by molar-refractivity contribution is -0.917. The van der Waals surface area contributed by atoms with Crippen molar-refractivity contribution in [3.63, 3.8) is 0 Å². The van der Waals surface area contributed by atoms with E-state index in [0.29, 0.717) is 5.41 Å². The largest absolute Gasteiger partial charge is 0.488 e. The van der Waals surface area contributed by atoms with Gasteiger partial charge >= 0.3 is 0 Å². The van der Waals surface area contributed by atoms with Crippen LogP contribution in [-0.2, 0) is 5.41 Å². The Morgan fingerprint density at radius 1 is 1.08 bits per heavy atom. The van der Waals surface area contributed by atoms with Crippen molar-refractivity contribution in [3.8, 4) is 5.75 Å². The fourth-order valence-corrected chi connectivity index (χ4v) is 4.77. The molecule has 0 radical (unpaired) electrons. The quantitative estimate of drug-likeness (QED) is 0.604. The Morgan fingerprint density at radius 3 is 2.28 bits per heavy atom. The maximum absolute atomic E-state index is 6.06. The molecule has 1 saturated heterocycles. The highest BCUT2D eigenvalue weighted by Gasteiger charge is 2.29. The first-order valence-corrected chi connectivity index (χ1v) is 10.1. The van der Waals surface area contributed by atoms with Gasteiger partial charge in [0.25, 0.3) is 0 Å². The molecule has 142 valence electrons. The minimum atomic E-state index is 0.194. The molecule has 25 heavy (non-hydrogen) atoms. The first-order valence-electron chi connectivity index (χ1n) is 10.1. The molecule has 1 aromatic carbocycles. The Bertz CT molecular complexity index is 540. The lowest BCUT2D eigenvalue weighted by Crippen LogP contribution is -2.52. The fourth-order valence-electron chi connectivity index (χ4n) is 4.77. The van der Waals surface area contributed by atoms with Gasteiger partial charge in [0.05, 0.1) is 20.1 Å². The number of likely N-dealkylation sites (N-methyl/N-ethyl adjacent to an activating group) is 1. The molecule has 1 heterocycles. The van der Waals surface area contributed by atoms with Gasteiger partial charge in [0.15, 0.2) is 0 Å². The highest BCUT2D eigenvalue weighted by molar-refractivity contribution is 5.31. The number of hydrogen-bond acceptors (Lipinski definition) is 1. The van der Waals surface area contributed by atoms with Gasteiger partial charge in [0.1, 0.15) is 18.9 Å². The molecule has 1 aromatic rings. The summed E-state index contributed by atoms with van der Waals surface area (Å²) in [6.07, 6.45) is 3.92. The molecule has 2 rings (SSSR count). The summed E-state index contributed by atoms with van der Waals surface area (Å²) in [5.41, 5.74) is 1.93. The minimum absolute atomic E-state index is 0.194. The number of piperidine rings is 1. The molecule has 1 aliphatic rings. The van der Waals surface area contributed by atoms with Crippen LogP contribution in [0.4, 0.5) is 0 Å². The third-order valence-corrected chi connectivity index (χ3v) is 5.66. The van der Waals surface area contributed by atoms with E-state index in [0.717, 1.165) is 29.3 Å². The summed E-state index contributed by atoms with van der Waals surface area (Å²) in [5, 5.41) is 0. The van der Waals surface area contributed by atoms with Crippen molar-refractivity contribution in [2.24, 2.45) is 11.3 Å². The maximum atomic E-state index is 6.06. The number of hydrogen-bond donors (Lipinski definition) is 0. The predicted molar refractivity (Wildman–Crippen MR) is 108 cm³/mol. The summed E-state index contributed by atoms with van der Waals surface area (Å²) >= 11 is 0. The van der Waals surface area contributed by atoms with E-state index in [4.69, 9.17) is 4.74 Å². The van der Waals surface area contributed by atoms with Crippen LogP contribution in [-0.4, -0.2) is 37.8 Å². The van der Waals surface area contributed by atoms with E-state index in [9.17, 15) is 0 Å². The van der Waals surface area contributed by atoms with Gasteiger partial charge in [0.2, 0.25) is 0 Å². The molecule has 0 saturated carbocycles. The summed E-state index contributed by atoms with van der Waals surface area (Å²) < 4.78 is 7.23. The Morgan fingerprint density at radius 2 is 1.72 bits per heavy atom. The molecule has 0 spiro atoms. The molecule has 2 heteroatoms. The van der Waals surface area contributed by atoms with Crippen LogP contribution in [0.5, 0.6) is 5.75 Å². The molecule has 2 atom stereocenters. The Kier molecular flexibility index (Phi) is 6.25. The van der Waals surface area contributed by atoms with E-state index >= 15 is 0 Å². The first kappa shape index (κ1) is 20.3. The van der Waals surface area contributed by atoms with Gasteiger partial charge in [-0.3, -0.25) is 0 Å². The monoisotopic (exact) mass is 346 g/mol. The molecule has 0 N–H and O–H groups in total. The van der Waals surface area contributed by atoms with Crippen molar-refractivity contribution in [3.05, 3.63) is 29.8 Å². The number of benzene rings is 1. The third kappa shape index (κ3) is 6.33. The van der Waals surface area contributed by atoms with E-state index in [1.807, 2.05) is 0 Å². The van der Waals surface area contributed by atoms with Crippen LogP contribution in [0.2, 0.25) is 0 Å². The molecule has 0 bridgehead atoms. The second-order valence-corrected chi connectivity index (χ2v) is 10.5. The standard InChI is InChI=1S/C23H40NO/c1-19-9-8-14-24(7,17-19)15-16-25-21-12-10-20(11-13-21)23(5,6)18-22(2,3)4/h10-13,19H,8-9,14-18H2,1-7H3/q+1. The smallest absolute Gasteiger partial charge is 0.137 e. The Labute approximate surface area is 156 Å². The summed E-state index contributed by atoms with van der Waals surface area (Å²) in [7, 11) is 2.39. The van der Waals surface area contributed by atoms with Gasteiger partial charge in [-0.1, -0.05) is 53.7 Å². The zero-order chi connectivity index (χ0) is 18.7. The lowest BCUT2D eigenvalue weighted by Gasteiger charge is -2.40. The summed E-state index contributed by atoms with van der Waals surface area (Å²) in [6.45, 7) is 18.5. The van der Waals surface area contributed by atoms with Crippen molar-refractivity contribution in [1.82, 2.24) is 0 Å². The maximum Gasteiger partial charge on any atom is 0.137 e. The van der Waals surface area contributed by atoms with Gasteiger partial charge in [-0.25, -0.2) is 0 Å². The van der Waals surface area contributed by atoms with Crippen LogP contribution < -0.4 is 4.74 Å². The average Bonchev–Trinajstić information content (AvgIpc) is 2.45. The van der Waals surface area contributed by atoms with Gasteiger partial charge in [-0.05, 0) is 47.8 Å². The summed E-state index contributed by atoms with van der Waals surface area (Å²) in [5.74, 6) is 1.86. The molecular formula is C23H40NO+. The molecule has 1 aliphatic heterocycles. The van der Waals surface area contributed by atoms with Gasteiger partial charge in [-0.2, -0.15) is 0 Å². The van der Waals surface area contributed by atoms with Crippen LogP contribution in [0, 0.1) is 11.3 Å². The molecule has 0 aromatic heterocycles. The molecule has 1 fully saturated rings. The highest BCUT2D eigenvalue weighted by atomic mass is 16.5. The van der Waals surface area contributed by atoms with Crippen molar-refractivity contribution in [1.29, 1.82) is 0 Å². The predicted octanol–water partition coefficient (Wildman–Crippen LogP) is 5.66. The SMILES string of the molecule is CC1CCC[N+](C)(CCOc2ccc(C(C)(C)CC(C)(C)C)cc2)C1. The summed E-state index contributed by atoms with van der Waals surface area (Å²) in [4.78, 5) is 0. The van der Waals surface area contributed by atoms with Crippen molar-refractivity contribution in [2.45, 2.75) is 66.2 Å². The van der Waals surface area contributed by atoms with Gasteiger partial charge in [-0.15, -0.1) is 0 Å². The van der Waals surface area contributed by atoms with Gasteiger partial charge in [0, 0.05) is 5.92 Å². The minimum Gasteiger partial charge on any atom is -0.488 e. The van der Waals surface area contributed by atoms with Crippen LogP contribution in [0.25, 0.3) is 0 Å². The molecular weight excluding hydrogens is 306 g/mol. The molecule has 0 amide bonds. The average molecular weight is 347 g/mol. The molecule has 2 unspecified atom stereocenters. The Balaban J connectivity index is 1.88. The van der Waals surface area contributed by atoms with Crippen molar-refractivity contribution in [2.75, 3.05) is 33.3 Å². The van der Waals surface area contributed by atoms with E-state index in [1.165, 1.54) is 37.9 Å². The van der Waals surface area contributed by atoms with E-state index in [1.54, 1.807) is 0 Å². The lowest BCUT2D eigenvalue weighted by atomic mass is 9.72. The van der Waals surface area contributed by atoms with E-state index < -0.39 is 0 Å². The topological polar surface area (TPSA) is 9.23 Å². The first-order chi connectivity index (χ1) is 11.5. The second kappa shape index (κ2) is 7.70. The van der Waals surface area contributed by atoms with E-state index in [2.05, 4.69) is 72.9 Å². The van der Waals surface area contributed by atoms with Crippen LogP contribution in [0.1, 0.15) is 66.4 Å². The van der Waals surface area contributed by atoms with Crippen LogP contribution in [0.15, 0.2) is 24.3 Å². The van der Waals surface area contributed by atoms with E-state index in [-0.39, 0.29) is 5.41 Å². The zero-order valence-electron chi connectivity index (χ0n) is 17.7. The highest BCUT2D eigenvalue weighted by Crippen LogP contribution is 2.36. The number of nitrogens with zero attached hydrogens (tertiary/aromatic N) is 1. The normalized spacial score (nSPS) is 25.0. The second-order valence-electron chi connectivity index (χ2n) is 10.5. The molecule has 2 nitrogen and oxygen atoms in total. The number of likely N-dealkylation sites (tertiary alicyclic amines) is 1. The third-order valence-electron chi connectivity index (χ3n) is 5.66. The van der Waals surface area contributed by atoms with Crippen molar-refractivity contribution >= 4 is 0 Å². The van der Waals surface area contributed by atoms with Gasteiger partial charge < -0.3 is 9.22 Å². The number of rotatable bonds is 6. The number of ether oxygens (including phenoxy) is 1. The summed E-state index contributed by atoms with van der Waals surface area (Å²) in [6, 6.07) is 8.80. The molecule has 0 aliphatic carbocycles. The van der Waals surface area contributed by atoms with Crippen molar-refractivity contribution < 1.29 is 9.22 Å². The Hall–Kier alpha value is -1.02.